The number of aryl methyl sites for hydroxylation is 1. The molecule has 0 aliphatic carbocycles. The largest absolute Gasteiger partial charge is 0.388 e. The predicted molar refractivity (Wildman–Crippen MR) is 80.8 cm³/mol. The van der Waals surface area contributed by atoms with E-state index < -0.39 is 11.9 Å². The van der Waals surface area contributed by atoms with Crippen LogP contribution in [0, 0.1) is 5.82 Å². The van der Waals surface area contributed by atoms with Crippen LogP contribution in [0.15, 0.2) is 42.5 Å². The van der Waals surface area contributed by atoms with Crippen LogP contribution < -0.4 is 0 Å². The molecule has 3 nitrogen and oxygen atoms in total. The number of aromatic nitrogens is 2. The van der Waals surface area contributed by atoms with Crippen molar-refractivity contribution in [3.05, 3.63) is 64.7 Å². The summed E-state index contributed by atoms with van der Waals surface area (Å²) in [5, 5.41) is 10.6. The summed E-state index contributed by atoms with van der Waals surface area (Å²) >= 11 is 5.72. The van der Waals surface area contributed by atoms with Crippen molar-refractivity contribution in [1.29, 1.82) is 0 Å². The van der Waals surface area contributed by atoms with Gasteiger partial charge in [-0.05, 0) is 24.3 Å². The summed E-state index contributed by atoms with van der Waals surface area (Å²) in [7, 11) is 1.88. The van der Waals surface area contributed by atoms with Crippen molar-refractivity contribution >= 4 is 22.6 Å². The van der Waals surface area contributed by atoms with Gasteiger partial charge in [0.2, 0.25) is 0 Å². The molecule has 1 N–H and O–H groups in total. The minimum Gasteiger partial charge on any atom is -0.388 e. The van der Waals surface area contributed by atoms with Crippen LogP contribution >= 0.6 is 11.6 Å². The molecule has 3 aromatic rings. The monoisotopic (exact) mass is 304 g/mol. The first-order valence-corrected chi connectivity index (χ1v) is 6.97. The summed E-state index contributed by atoms with van der Waals surface area (Å²) in [6.07, 6.45) is -0.721. The number of rotatable bonds is 3. The molecule has 0 saturated heterocycles. The lowest BCUT2D eigenvalue weighted by atomic mass is 10.1. The zero-order chi connectivity index (χ0) is 15.0. The van der Waals surface area contributed by atoms with Gasteiger partial charge in [-0.25, -0.2) is 9.37 Å². The molecular weight excluding hydrogens is 291 g/mol. The van der Waals surface area contributed by atoms with Crippen LogP contribution in [0.2, 0.25) is 5.02 Å². The summed E-state index contributed by atoms with van der Waals surface area (Å²) in [6.45, 7) is 0. The smallest absolute Gasteiger partial charge is 0.130 e. The topological polar surface area (TPSA) is 38.0 Å². The molecule has 3 rings (SSSR count). The van der Waals surface area contributed by atoms with Gasteiger partial charge in [-0.15, -0.1) is 0 Å². The first kappa shape index (κ1) is 14.0. The molecule has 2 aromatic carbocycles. The van der Waals surface area contributed by atoms with Gasteiger partial charge in [0, 0.05) is 24.1 Å². The van der Waals surface area contributed by atoms with E-state index >= 15 is 0 Å². The second-order valence-corrected chi connectivity index (χ2v) is 5.40. The Hall–Kier alpha value is -1.91. The van der Waals surface area contributed by atoms with Crippen molar-refractivity contribution in [2.45, 2.75) is 12.5 Å². The van der Waals surface area contributed by atoms with Crippen LogP contribution in [0.4, 0.5) is 4.39 Å². The number of hydrogen-bond donors (Lipinski definition) is 1. The fraction of sp³-hybridized carbons (Fsp3) is 0.188. The van der Waals surface area contributed by atoms with Crippen LogP contribution in [-0.4, -0.2) is 14.7 Å². The lowest BCUT2D eigenvalue weighted by molar-refractivity contribution is 0.170. The third kappa shape index (κ3) is 2.64. The number of imidazole rings is 1. The van der Waals surface area contributed by atoms with Crippen molar-refractivity contribution in [3.8, 4) is 0 Å². The van der Waals surface area contributed by atoms with E-state index in [-0.39, 0.29) is 12.0 Å². The Kier molecular flexibility index (Phi) is 3.66. The predicted octanol–water partition coefficient (Wildman–Crippen LogP) is 3.64. The number of aliphatic hydroxyl groups is 1. The van der Waals surface area contributed by atoms with Crippen molar-refractivity contribution in [3.63, 3.8) is 0 Å². The van der Waals surface area contributed by atoms with Crippen LogP contribution in [0.5, 0.6) is 0 Å². The third-order valence-corrected chi connectivity index (χ3v) is 3.81. The molecule has 0 amide bonds. The fourth-order valence-corrected chi connectivity index (χ4v) is 2.59. The van der Waals surface area contributed by atoms with E-state index in [9.17, 15) is 9.50 Å². The third-order valence-electron chi connectivity index (χ3n) is 3.58. The van der Waals surface area contributed by atoms with Gasteiger partial charge in [0.25, 0.3) is 0 Å². The van der Waals surface area contributed by atoms with Crippen LogP contribution in [0.25, 0.3) is 11.0 Å². The molecule has 0 aliphatic rings. The molecular formula is C16H14ClFN2O. The molecule has 108 valence electrons. The summed E-state index contributed by atoms with van der Waals surface area (Å²) in [5.74, 6) is 0.201. The lowest BCUT2D eigenvalue weighted by Crippen LogP contribution is -2.08. The first-order valence-electron chi connectivity index (χ1n) is 6.59. The van der Waals surface area contributed by atoms with Crippen molar-refractivity contribution in [2.75, 3.05) is 0 Å². The van der Waals surface area contributed by atoms with Gasteiger partial charge in [-0.3, -0.25) is 0 Å². The van der Waals surface area contributed by atoms with Gasteiger partial charge < -0.3 is 9.67 Å². The maximum absolute atomic E-state index is 13.8. The second-order valence-electron chi connectivity index (χ2n) is 4.96. The van der Waals surface area contributed by atoms with E-state index in [1.54, 1.807) is 6.07 Å². The molecule has 0 fully saturated rings. The molecule has 0 radical (unpaired) electrons. The van der Waals surface area contributed by atoms with E-state index in [0.29, 0.717) is 10.8 Å². The number of nitrogens with zero attached hydrogens (tertiary/aromatic N) is 2. The van der Waals surface area contributed by atoms with E-state index in [2.05, 4.69) is 4.98 Å². The van der Waals surface area contributed by atoms with E-state index in [4.69, 9.17) is 11.6 Å². The molecule has 1 heterocycles. The Labute approximate surface area is 126 Å². The highest BCUT2D eigenvalue weighted by molar-refractivity contribution is 6.30. The Bertz CT molecular complexity index is 800. The van der Waals surface area contributed by atoms with E-state index in [0.717, 1.165) is 11.0 Å². The maximum atomic E-state index is 13.8. The standard InChI is InChI=1S/C16H14ClFN2O/c1-20-14-5-3-2-4-13(14)19-16(20)9-15(21)11-7-6-10(17)8-12(11)18/h2-8,15,21H,9H2,1H3. The Morgan fingerprint density at radius 2 is 2.05 bits per heavy atom. The zero-order valence-electron chi connectivity index (χ0n) is 11.4. The second kappa shape index (κ2) is 5.47. The van der Waals surface area contributed by atoms with Crippen LogP contribution in [0.1, 0.15) is 17.5 Å². The molecule has 0 saturated carbocycles. The average molecular weight is 305 g/mol. The highest BCUT2D eigenvalue weighted by Crippen LogP contribution is 2.24. The van der Waals surface area contributed by atoms with Gasteiger partial charge in [0.15, 0.2) is 0 Å². The Morgan fingerprint density at radius 1 is 1.29 bits per heavy atom. The Morgan fingerprint density at radius 3 is 2.76 bits per heavy atom. The average Bonchev–Trinajstić information content (AvgIpc) is 2.76. The molecule has 1 unspecified atom stereocenters. The van der Waals surface area contributed by atoms with Gasteiger partial charge in [-0.1, -0.05) is 29.8 Å². The summed E-state index contributed by atoms with van der Waals surface area (Å²) in [5.41, 5.74) is 2.07. The minimum atomic E-state index is -0.960. The molecule has 0 spiro atoms. The number of halogens is 2. The lowest BCUT2D eigenvalue weighted by Gasteiger charge is -2.12. The molecule has 21 heavy (non-hydrogen) atoms. The quantitative estimate of drug-likeness (QED) is 0.802. The fourth-order valence-electron chi connectivity index (χ4n) is 2.43. The molecule has 1 atom stereocenters. The van der Waals surface area contributed by atoms with Gasteiger partial charge in [0.1, 0.15) is 11.6 Å². The van der Waals surface area contributed by atoms with E-state index in [1.165, 1.54) is 12.1 Å². The number of para-hydroxylation sites is 2. The van der Waals surface area contributed by atoms with Gasteiger partial charge in [-0.2, -0.15) is 0 Å². The maximum Gasteiger partial charge on any atom is 0.130 e. The van der Waals surface area contributed by atoms with Crippen LogP contribution in [0.3, 0.4) is 0 Å². The molecule has 0 aliphatic heterocycles. The van der Waals surface area contributed by atoms with E-state index in [1.807, 2.05) is 35.9 Å². The van der Waals surface area contributed by atoms with Gasteiger partial charge in [0.05, 0.1) is 17.1 Å². The number of fused-ring (bicyclic) bond motifs is 1. The summed E-state index contributed by atoms with van der Waals surface area (Å²) in [4.78, 5) is 4.48. The SMILES string of the molecule is Cn1c(CC(O)c2ccc(Cl)cc2F)nc2ccccc21. The van der Waals surface area contributed by atoms with Crippen LogP contribution in [-0.2, 0) is 13.5 Å². The first-order chi connectivity index (χ1) is 10.1. The molecule has 5 heteroatoms. The molecule has 0 bridgehead atoms. The van der Waals surface area contributed by atoms with Gasteiger partial charge >= 0.3 is 0 Å². The molecule has 1 aromatic heterocycles. The minimum absolute atomic E-state index is 0.228. The summed E-state index contributed by atoms with van der Waals surface area (Å²) in [6, 6.07) is 12.0. The van der Waals surface area contributed by atoms with Crippen molar-refractivity contribution in [2.24, 2.45) is 7.05 Å². The highest BCUT2D eigenvalue weighted by Gasteiger charge is 2.17. The Balaban J connectivity index is 1.92. The number of hydrogen-bond acceptors (Lipinski definition) is 2. The number of benzene rings is 2. The normalized spacial score (nSPS) is 12.8. The zero-order valence-corrected chi connectivity index (χ0v) is 12.2. The highest BCUT2D eigenvalue weighted by atomic mass is 35.5. The number of aliphatic hydroxyl groups excluding tert-OH is 1. The van der Waals surface area contributed by atoms with Crippen molar-refractivity contribution < 1.29 is 9.50 Å². The van der Waals surface area contributed by atoms with Crippen molar-refractivity contribution in [1.82, 2.24) is 9.55 Å². The summed E-state index contributed by atoms with van der Waals surface area (Å²) < 4.78 is 15.7.